The Morgan fingerprint density at radius 2 is 1.81 bits per heavy atom. The van der Waals surface area contributed by atoms with Crippen LogP contribution in [0.3, 0.4) is 0 Å². The maximum atomic E-state index is 13.1. The molecule has 192 valence electrons. The number of piperidine rings is 1. The fraction of sp³-hybridized carbons (Fsp3) is 0.517. The molecule has 2 aliphatic carbocycles. The van der Waals surface area contributed by atoms with Crippen molar-refractivity contribution in [3.8, 4) is 6.07 Å². The molecule has 3 aromatic rings. The van der Waals surface area contributed by atoms with Crippen LogP contribution in [0.4, 0.5) is 17.3 Å². The lowest BCUT2D eigenvalue weighted by Crippen LogP contribution is -2.42. The Balaban J connectivity index is 1.32. The van der Waals surface area contributed by atoms with Gasteiger partial charge in [0.15, 0.2) is 0 Å². The Kier molecular flexibility index (Phi) is 6.33. The lowest BCUT2D eigenvalue weighted by molar-refractivity contribution is 0.249. The largest absolute Gasteiger partial charge is 0.371 e. The first-order valence-corrected chi connectivity index (χ1v) is 13.7. The molecule has 37 heavy (non-hydrogen) atoms. The van der Waals surface area contributed by atoms with Gasteiger partial charge in [-0.2, -0.15) is 10.2 Å². The van der Waals surface area contributed by atoms with E-state index < -0.39 is 0 Å². The van der Waals surface area contributed by atoms with Crippen molar-refractivity contribution in [3.63, 3.8) is 0 Å². The van der Waals surface area contributed by atoms with E-state index in [9.17, 15) is 10.1 Å². The van der Waals surface area contributed by atoms with Crippen molar-refractivity contribution < 1.29 is 0 Å². The second-order valence-electron chi connectivity index (χ2n) is 11.0. The molecule has 3 aliphatic rings. The fourth-order valence-electron chi connectivity index (χ4n) is 6.61. The first-order chi connectivity index (χ1) is 18.0. The van der Waals surface area contributed by atoms with E-state index in [1.54, 1.807) is 16.8 Å². The van der Waals surface area contributed by atoms with Gasteiger partial charge in [0.2, 0.25) is 5.95 Å². The highest BCUT2D eigenvalue weighted by Gasteiger charge is 2.27. The first kappa shape index (κ1) is 23.9. The number of nitriles is 1. The van der Waals surface area contributed by atoms with Crippen molar-refractivity contribution in [2.24, 2.45) is 0 Å². The Hall–Kier alpha value is -3.44. The van der Waals surface area contributed by atoms with Crippen molar-refractivity contribution in [2.75, 3.05) is 37.4 Å². The summed E-state index contributed by atoms with van der Waals surface area (Å²) in [5, 5.41) is 13.7. The highest BCUT2D eigenvalue weighted by Crippen LogP contribution is 2.38. The van der Waals surface area contributed by atoms with E-state index >= 15 is 0 Å². The molecule has 1 N–H and O–H groups in total. The van der Waals surface area contributed by atoms with Crippen LogP contribution in [0.15, 0.2) is 29.2 Å². The summed E-state index contributed by atoms with van der Waals surface area (Å²) >= 11 is 0. The molecule has 1 aliphatic heterocycles. The smallest absolute Gasteiger partial charge is 0.270 e. The van der Waals surface area contributed by atoms with Crippen LogP contribution in [0, 0.1) is 11.3 Å². The number of anilines is 3. The molecule has 0 amide bonds. The summed E-state index contributed by atoms with van der Waals surface area (Å²) in [6.07, 6.45) is 11.5. The van der Waals surface area contributed by atoms with Crippen molar-refractivity contribution in [1.82, 2.24) is 19.4 Å². The monoisotopic (exact) mass is 497 g/mol. The van der Waals surface area contributed by atoms with Gasteiger partial charge in [0.1, 0.15) is 17.3 Å². The van der Waals surface area contributed by atoms with Crippen molar-refractivity contribution >= 4 is 28.4 Å². The standard InChI is InChI=1S/C29H35N7O/c1-34(2)21-12-14-35(15-13-21)26-11-10-25(23-8-5-9-24(23)26)32-29-31-18-20-16-19(17-30)28(37)36(27(20)33-29)22-6-3-4-7-22/h10-11,16,18,21-22H,3-9,12-15H2,1-2H3,(H,31,32,33). The Bertz CT molecular complexity index is 1420. The predicted molar refractivity (Wildman–Crippen MR) is 147 cm³/mol. The highest BCUT2D eigenvalue weighted by molar-refractivity contribution is 5.78. The van der Waals surface area contributed by atoms with E-state index in [0.29, 0.717) is 17.6 Å². The van der Waals surface area contributed by atoms with Gasteiger partial charge in [-0.25, -0.2) is 4.98 Å². The maximum Gasteiger partial charge on any atom is 0.270 e. The van der Waals surface area contributed by atoms with Gasteiger partial charge < -0.3 is 15.1 Å². The molecule has 0 radical (unpaired) electrons. The lowest BCUT2D eigenvalue weighted by Gasteiger charge is -2.37. The minimum atomic E-state index is -0.241. The lowest BCUT2D eigenvalue weighted by atomic mass is 10.00. The molecule has 0 spiro atoms. The molecule has 1 saturated heterocycles. The van der Waals surface area contributed by atoms with Crippen LogP contribution in [-0.4, -0.2) is 52.7 Å². The van der Waals surface area contributed by atoms with Crippen LogP contribution in [0.5, 0.6) is 0 Å². The highest BCUT2D eigenvalue weighted by atomic mass is 16.1. The van der Waals surface area contributed by atoms with E-state index in [4.69, 9.17) is 4.98 Å². The predicted octanol–water partition coefficient (Wildman–Crippen LogP) is 4.54. The fourth-order valence-corrected chi connectivity index (χ4v) is 6.61. The average molecular weight is 498 g/mol. The van der Waals surface area contributed by atoms with Gasteiger partial charge in [0.25, 0.3) is 5.56 Å². The summed E-state index contributed by atoms with van der Waals surface area (Å²) < 4.78 is 1.75. The molecule has 2 aromatic heterocycles. The Morgan fingerprint density at radius 3 is 2.54 bits per heavy atom. The van der Waals surface area contributed by atoms with Gasteiger partial charge in [-0.1, -0.05) is 12.8 Å². The van der Waals surface area contributed by atoms with E-state index in [2.05, 4.69) is 52.4 Å². The topological polar surface area (TPSA) is 90.1 Å². The molecule has 1 saturated carbocycles. The summed E-state index contributed by atoms with van der Waals surface area (Å²) in [4.78, 5) is 27.4. The van der Waals surface area contributed by atoms with Gasteiger partial charge >= 0.3 is 0 Å². The van der Waals surface area contributed by atoms with Crippen molar-refractivity contribution in [1.29, 1.82) is 5.26 Å². The zero-order chi connectivity index (χ0) is 25.5. The number of hydrogen-bond acceptors (Lipinski definition) is 7. The normalized spacial score (nSPS) is 18.5. The number of pyridine rings is 1. The summed E-state index contributed by atoms with van der Waals surface area (Å²) in [6.45, 7) is 2.19. The summed E-state index contributed by atoms with van der Waals surface area (Å²) in [7, 11) is 4.37. The Morgan fingerprint density at radius 1 is 1.05 bits per heavy atom. The third kappa shape index (κ3) is 4.36. The third-order valence-electron chi connectivity index (χ3n) is 8.63. The van der Waals surface area contributed by atoms with Crippen molar-refractivity contribution in [3.05, 3.63) is 51.4 Å². The molecule has 2 fully saturated rings. The zero-order valence-corrected chi connectivity index (χ0v) is 21.8. The molecule has 3 heterocycles. The molecule has 0 atom stereocenters. The maximum absolute atomic E-state index is 13.1. The van der Waals surface area contributed by atoms with E-state index in [-0.39, 0.29) is 17.2 Å². The van der Waals surface area contributed by atoms with E-state index in [1.807, 2.05) is 0 Å². The van der Waals surface area contributed by atoms with Crippen LogP contribution in [0.2, 0.25) is 0 Å². The number of aromatic nitrogens is 3. The minimum Gasteiger partial charge on any atom is -0.371 e. The minimum absolute atomic E-state index is 0.0891. The molecule has 0 unspecified atom stereocenters. The molecular formula is C29H35N7O. The van der Waals surface area contributed by atoms with E-state index in [0.717, 1.165) is 69.1 Å². The second kappa shape index (κ2) is 9.79. The number of nitrogens with zero attached hydrogens (tertiary/aromatic N) is 6. The SMILES string of the molecule is CN(C)C1CCN(c2ccc(Nc3ncc4cc(C#N)c(=O)n(C5CCCC5)c4n3)c3c2CCC3)CC1. The molecule has 1 aromatic carbocycles. The van der Waals surface area contributed by atoms with Gasteiger partial charge in [-0.3, -0.25) is 9.36 Å². The van der Waals surface area contributed by atoms with Gasteiger partial charge in [0, 0.05) is 48.1 Å². The zero-order valence-electron chi connectivity index (χ0n) is 21.8. The van der Waals surface area contributed by atoms with Crippen molar-refractivity contribution in [2.45, 2.75) is 69.9 Å². The van der Waals surface area contributed by atoms with Gasteiger partial charge in [-0.15, -0.1) is 0 Å². The van der Waals surface area contributed by atoms with Gasteiger partial charge in [-0.05, 0) is 88.4 Å². The second-order valence-corrected chi connectivity index (χ2v) is 11.0. The summed E-state index contributed by atoms with van der Waals surface area (Å²) in [5.41, 5.74) is 5.79. The molecule has 8 nitrogen and oxygen atoms in total. The van der Waals surface area contributed by atoms with E-state index in [1.165, 1.54) is 29.7 Å². The first-order valence-electron chi connectivity index (χ1n) is 13.7. The molecule has 6 rings (SSSR count). The molecular weight excluding hydrogens is 462 g/mol. The van der Waals surface area contributed by atoms with Crippen LogP contribution in [0.25, 0.3) is 11.0 Å². The van der Waals surface area contributed by atoms with Crippen LogP contribution >= 0.6 is 0 Å². The van der Waals surface area contributed by atoms with Crippen LogP contribution in [-0.2, 0) is 12.8 Å². The quantitative estimate of drug-likeness (QED) is 0.553. The summed E-state index contributed by atoms with van der Waals surface area (Å²) in [5.74, 6) is 0.497. The molecule has 8 heteroatoms. The molecule has 0 bridgehead atoms. The number of benzene rings is 1. The number of hydrogen-bond donors (Lipinski definition) is 1. The average Bonchev–Trinajstić information content (AvgIpc) is 3.62. The van der Waals surface area contributed by atoms with Crippen LogP contribution in [0.1, 0.15) is 67.7 Å². The number of nitrogens with one attached hydrogen (secondary N) is 1. The summed E-state index contributed by atoms with van der Waals surface area (Å²) in [6, 6.07) is 8.88. The number of rotatable bonds is 5. The Labute approximate surface area is 217 Å². The van der Waals surface area contributed by atoms with Crippen LogP contribution < -0.4 is 15.8 Å². The van der Waals surface area contributed by atoms with Gasteiger partial charge in [0.05, 0.1) is 0 Å². The third-order valence-corrected chi connectivity index (χ3v) is 8.63. The number of fused-ring (bicyclic) bond motifs is 2.